The second-order valence-corrected chi connectivity index (χ2v) is 20.1. The molecule has 19 nitrogen and oxygen atoms in total. The minimum Gasteiger partial charge on any atom is -0.497 e. The number of esters is 5. The summed E-state index contributed by atoms with van der Waals surface area (Å²) in [6.07, 6.45) is 8.74. The molecule has 7 rings (SSSR count). The van der Waals surface area contributed by atoms with Crippen LogP contribution >= 0.6 is 11.8 Å². The molecule has 1 aliphatic rings. The lowest BCUT2D eigenvalue weighted by molar-refractivity contribution is -0.150. The maximum absolute atomic E-state index is 15.9. The lowest BCUT2D eigenvalue weighted by Gasteiger charge is -2.40. The van der Waals surface area contributed by atoms with Crippen LogP contribution in [0.3, 0.4) is 0 Å². The Morgan fingerprint density at radius 3 is 2.01 bits per heavy atom. The van der Waals surface area contributed by atoms with E-state index in [2.05, 4.69) is 16.7 Å². The molecule has 1 fully saturated rings. The number of hydrogen-bond donors (Lipinski definition) is 1. The van der Waals surface area contributed by atoms with Crippen LogP contribution in [0.4, 0.5) is 13.2 Å². The van der Waals surface area contributed by atoms with Gasteiger partial charge in [-0.25, -0.2) is 32.4 Å². The van der Waals surface area contributed by atoms with Crippen molar-refractivity contribution in [2.45, 2.75) is 81.4 Å². The van der Waals surface area contributed by atoms with E-state index >= 15 is 4.39 Å². The number of hydrogen-bond acceptors (Lipinski definition) is 18. The van der Waals surface area contributed by atoms with Crippen molar-refractivity contribution >= 4 is 53.7 Å². The molecule has 85 heavy (non-hydrogen) atoms. The van der Waals surface area contributed by atoms with Gasteiger partial charge in [0.15, 0.2) is 11.9 Å². The summed E-state index contributed by atoms with van der Waals surface area (Å²) in [5.74, 6) is -6.10. The van der Waals surface area contributed by atoms with E-state index in [1.165, 1.54) is 71.6 Å². The molecule has 5 aromatic carbocycles. The molecule has 0 amide bonds. The number of allylic oxidation sites excluding steroid dienone is 2. The van der Waals surface area contributed by atoms with Crippen LogP contribution in [0.15, 0.2) is 153 Å². The van der Waals surface area contributed by atoms with Crippen molar-refractivity contribution < 1.29 is 84.9 Å². The smallest absolute Gasteiger partial charge is 0.339 e. The third kappa shape index (κ3) is 20.2. The molecule has 2 heterocycles. The van der Waals surface area contributed by atoms with Gasteiger partial charge >= 0.3 is 35.8 Å². The van der Waals surface area contributed by atoms with Crippen LogP contribution in [-0.4, -0.2) is 99.4 Å². The van der Waals surface area contributed by atoms with E-state index in [0.29, 0.717) is 28.5 Å². The van der Waals surface area contributed by atoms with Crippen molar-refractivity contribution in [1.29, 1.82) is 5.26 Å². The molecule has 0 radical (unpaired) electrons. The van der Waals surface area contributed by atoms with Gasteiger partial charge < -0.3 is 43.0 Å². The lowest BCUT2D eigenvalue weighted by atomic mass is 9.89. The summed E-state index contributed by atoms with van der Waals surface area (Å²) in [6.45, 7) is 4.98. The SMILES string of the molecule is C=CCOC(=O)CCC(=O)OCc1ccccc1C(=O)OCc1ccc(OC)cc1.C[C@@H](SC1COC(/C=C/C=C/c2ccc(C#N)cc2F)OC1)[C@@](Cn1cncn1)(OC(=O)c1ccccc1COC(=O)CCC(=O)O)c1ccc(F)cc1F. The quantitative estimate of drug-likeness (QED) is 0.0218. The first-order chi connectivity index (χ1) is 41.0. The van der Waals surface area contributed by atoms with Crippen LogP contribution in [0.5, 0.6) is 5.75 Å². The fraction of sp³-hybridized carbons (Fsp3) is 0.274. The van der Waals surface area contributed by atoms with Gasteiger partial charge in [0.1, 0.15) is 62.3 Å². The molecule has 6 aromatic rings. The molecule has 1 N–H and O–H groups in total. The summed E-state index contributed by atoms with van der Waals surface area (Å²) in [6, 6.07) is 29.0. The fourth-order valence-electron chi connectivity index (χ4n) is 8.08. The highest BCUT2D eigenvalue weighted by molar-refractivity contribution is 8.00. The zero-order valence-corrected chi connectivity index (χ0v) is 47.0. The Labute approximate surface area is 491 Å². The number of carbonyl (C=O) groups is 6. The van der Waals surface area contributed by atoms with Crippen molar-refractivity contribution in [3.05, 3.63) is 215 Å². The predicted octanol–water partition coefficient (Wildman–Crippen LogP) is 9.97. The minimum atomic E-state index is -1.85. The number of methoxy groups -OCH3 is 1. The predicted molar refractivity (Wildman–Crippen MR) is 301 cm³/mol. The van der Waals surface area contributed by atoms with Crippen LogP contribution in [0.2, 0.25) is 0 Å². The summed E-state index contributed by atoms with van der Waals surface area (Å²) >= 11 is 1.28. The fourth-order valence-corrected chi connectivity index (χ4v) is 9.44. The number of rotatable bonds is 27. The van der Waals surface area contributed by atoms with Gasteiger partial charge in [-0.05, 0) is 67.1 Å². The zero-order valence-electron chi connectivity index (χ0n) is 46.1. The van der Waals surface area contributed by atoms with E-state index in [9.17, 15) is 37.5 Å². The molecule has 0 bridgehead atoms. The summed E-state index contributed by atoms with van der Waals surface area (Å²) in [7, 11) is 1.58. The van der Waals surface area contributed by atoms with E-state index in [0.717, 1.165) is 17.7 Å². The number of carboxylic acids is 1. The number of ether oxygens (including phenoxy) is 8. The first kappa shape index (κ1) is 64.8. The topological polar surface area (TPSA) is 251 Å². The molecule has 1 saturated heterocycles. The van der Waals surface area contributed by atoms with Gasteiger partial charge in [-0.1, -0.05) is 85.5 Å². The molecular weight excluding hydrogens is 1130 g/mol. The van der Waals surface area contributed by atoms with Gasteiger partial charge in [0.05, 0.1) is 80.6 Å². The third-order valence-corrected chi connectivity index (χ3v) is 13.9. The van der Waals surface area contributed by atoms with Crippen LogP contribution < -0.4 is 4.74 Å². The summed E-state index contributed by atoms with van der Waals surface area (Å²) in [4.78, 5) is 76.9. The summed E-state index contributed by atoms with van der Waals surface area (Å²) < 4.78 is 89.4. The van der Waals surface area contributed by atoms with Crippen LogP contribution in [0.25, 0.3) is 6.08 Å². The number of nitrogens with zero attached hydrogens (tertiary/aromatic N) is 4. The first-order valence-electron chi connectivity index (χ1n) is 26.2. The molecule has 0 saturated carbocycles. The number of aromatic nitrogens is 3. The number of benzene rings is 5. The standard InChI is InChI=1S/C39H35F3N4O8S.C23H24O7/c1-25(55-30-20-52-37(53-21-30)9-5-3-6-27-11-10-26(18-43)16-33(27)41)39(22-46-24-44-23-45-46,32-13-12-29(40)17-34(32)42)54-38(50)31-8-4-2-7-28(31)19-51-36(49)15-14-35(47)48;1-3-14-28-21(24)12-13-22(25)29-16-18-6-4-5-7-20(18)23(26)30-15-17-8-10-19(27-2)11-9-17/h2-13,16-17,23-25,30,37H,14-15,19-22H2,1H3,(H,47,48);3-11H,1,12-16H2,2H3/b6-3+,9-5+;/t25-,30?,37?,39-;/m1./s1. The Bertz CT molecular complexity index is 3370. The van der Waals surface area contributed by atoms with E-state index in [4.69, 9.17) is 48.3 Å². The summed E-state index contributed by atoms with van der Waals surface area (Å²) in [5, 5.41) is 20.9. The summed E-state index contributed by atoms with van der Waals surface area (Å²) in [5.41, 5.74) is 0.402. The molecule has 0 unspecified atom stereocenters. The van der Waals surface area contributed by atoms with Gasteiger partial charge in [0, 0.05) is 33.6 Å². The van der Waals surface area contributed by atoms with E-state index in [1.54, 1.807) is 92.9 Å². The normalized spacial score (nSPS) is 14.8. The lowest BCUT2D eigenvalue weighted by Crippen LogP contribution is -2.47. The number of thioether (sulfide) groups is 1. The van der Waals surface area contributed by atoms with Crippen molar-refractivity contribution in [3.8, 4) is 11.8 Å². The number of nitriles is 1. The molecule has 23 heteroatoms. The Morgan fingerprint density at radius 1 is 0.788 bits per heavy atom. The maximum atomic E-state index is 15.9. The van der Waals surface area contributed by atoms with Crippen LogP contribution in [0, 0.1) is 28.8 Å². The van der Waals surface area contributed by atoms with Crippen molar-refractivity contribution in [1.82, 2.24) is 14.8 Å². The van der Waals surface area contributed by atoms with Crippen molar-refractivity contribution in [3.63, 3.8) is 0 Å². The van der Waals surface area contributed by atoms with Crippen LogP contribution in [0.1, 0.15) is 86.7 Å². The Balaban J connectivity index is 0.000000325. The average Bonchev–Trinajstić information content (AvgIpc) is 4.03. The zero-order chi connectivity index (χ0) is 61.1. The van der Waals surface area contributed by atoms with Crippen molar-refractivity contribution in [2.24, 2.45) is 0 Å². The Hall–Kier alpha value is -9.37. The Kier molecular flexibility index (Phi) is 25.2. The number of aliphatic carboxylic acids is 1. The average molecular weight is 1190 g/mol. The van der Waals surface area contributed by atoms with Gasteiger partial charge in [0.25, 0.3) is 0 Å². The largest absolute Gasteiger partial charge is 0.497 e. The van der Waals surface area contributed by atoms with Gasteiger partial charge in [-0.15, -0.1) is 11.8 Å². The monoisotopic (exact) mass is 1190 g/mol. The molecule has 2 atom stereocenters. The van der Waals surface area contributed by atoms with Crippen molar-refractivity contribution in [2.75, 3.05) is 26.9 Å². The third-order valence-electron chi connectivity index (χ3n) is 12.5. The molecule has 0 spiro atoms. The molecule has 0 aliphatic carbocycles. The Morgan fingerprint density at radius 2 is 1.42 bits per heavy atom. The highest BCUT2D eigenvalue weighted by atomic mass is 32.2. The second-order valence-electron chi connectivity index (χ2n) is 18.4. The van der Waals surface area contributed by atoms with Gasteiger partial charge in [0.2, 0.25) is 0 Å². The molecular formula is C62H59F3N4O15S. The molecule has 444 valence electrons. The molecule has 1 aliphatic heterocycles. The minimum absolute atomic E-state index is 0.00819. The highest BCUT2D eigenvalue weighted by Gasteiger charge is 2.47. The van der Waals surface area contributed by atoms with E-state index in [-0.39, 0.29) is 93.0 Å². The number of carboxylic acid groups (broad SMARTS) is 1. The number of halogens is 3. The molecule has 1 aromatic heterocycles. The second kappa shape index (κ2) is 33.1. The first-order valence-corrected chi connectivity index (χ1v) is 27.1. The van der Waals surface area contributed by atoms with E-state index < -0.39 is 76.8 Å². The number of carbonyl (C=O) groups excluding carboxylic acids is 5. The van der Waals surface area contributed by atoms with Gasteiger partial charge in [-0.3, -0.25) is 19.2 Å². The maximum Gasteiger partial charge on any atom is 0.339 e. The van der Waals surface area contributed by atoms with E-state index in [1.807, 2.05) is 6.07 Å². The van der Waals surface area contributed by atoms with Crippen LogP contribution in [-0.2, 0) is 84.3 Å². The van der Waals surface area contributed by atoms with Gasteiger partial charge in [-0.2, -0.15) is 10.4 Å². The highest BCUT2D eigenvalue weighted by Crippen LogP contribution is 2.43.